The average molecular weight is 436 g/mol. The lowest BCUT2D eigenvalue weighted by Crippen LogP contribution is -2.55. The number of nitrogens with one attached hydrogen (secondary N) is 2. The number of nitrogens with zero attached hydrogens (tertiary/aromatic N) is 2. The number of nitrogens with two attached hydrogens (primary N) is 2. The summed E-state index contributed by atoms with van der Waals surface area (Å²) in [4.78, 5) is 20.1. The molecule has 0 aliphatic heterocycles. The number of alkyl halides is 2. The number of carbonyl (C=O) groups excluding carboxylic acids is 1. The van der Waals surface area contributed by atoms with Gasteiger partial charge >= 0.3 is 0 Å². The Morgan fingerprint density at radius 3 is 2.83 bits per heavy atom. The van der Waals surface area contributed by atoms with Crippen LogP contribution < -0.4 is 22.1 Å². The fourth-order valence-electron chi connectivity index (χ4n) is 3.48. The van der Waals surface area contributed by atoms with Crippen molar-refractivity contribution in [3.8, 4) is 0 Å². The SMILES string of the molecule is NC(=O)c1cc(F)c(N[C@@H]2CCCC(F)(F)[C@@H]2N)nc1Nc1ccc2ncsc2c1. The minimum atomic E-state index is -3.05. The smallest absolute Gasteiger partial charge is 0.264 e. The average Bonchev–Trinajstić information content (AvgIpc) is 3.15. The predicted octanol–water partition coefficient (Wildman–Crippen LogP) is 3.60. The van der Waals surface area contributed by atoms with E-state index in [2.05, 4.69) is 20.6 Å². The Balaban J connectivity index is 1.66. The highest BCUT2D eigenvalue weighted by Crippen LogP contribution is 2.34. The Kier molecular flexibility index (Phi) is 5.24. The van der Waals surface area contributed by atoms with E-state index in [4.69, 9.17) is 11.5 Å². The monoisotopic (exact) mass is 436 g/mol. The first-order chi connectivity index (χ1) is 14.2. The molecule has 158 valence electrons. The summed E-state index contributed by atoms with van der Waals surface area (Å²) in [5.41, 5.74) is 14.0. The molecule has 2 atom stereocenters. The van der Waals surface area contributed by atoms with Crippen LogP contribution in [0, 0.1) is 5.82 Å². The number of aromatic nitrogens is 2. The van der Waals surface area contributed by atoms with Crippen LogP contribution in [0.25, 0.3) is 10.2 Å². The fourth-order valence-corrected chi connectivity index (χ4v) is 4.19. The maximum atomic E-state index is 14.6. The van der Waals surface area contributed by atoms with Crippen LogP contribution in [0.2, 0.25) is 0 Å². The Labute approximate surface area is 173 Å². The van der Waals surface area contributed by atoms with Crippen molar-refractivity contribution in [2.45, 2.75) is 37.3 Å². The van der Waals surface area contributed by atoms with E-state index in [-0.39, 0.29) is 30.0 Å². The van der Waals surface area contributed by atoms with Crippen molar-refractivity contribution < 1.29 is 18.0 Å². The molecule has 0 radical (unpaired) electrons. The van der Waals surface area contributed by atoms with E-state index < -0.39 is 29.7 Å². The minimum Gasteiger partial charge on any atom is -0.365 e. The van der Waals surface area contributed by atoms with Crippen LogP contribution in [-0.4, -0.2) is 33.9 Å². The molecule has 1 aliphatic rings. The van der Waals surface area contributed by atoms with Crippen molar-refractivity contribution in [2.75, 3.05) is 10.6 Å². The maximum Gasteiger partial charge on any atom is 0.264 e. The van der Waals surface area contributed by atoms with Gasteiger partial charge in [-0.15, -0.1) is 11.3 Å². The lowest BCUT2D eigenvalue weighted by molar-refractivity contribution is -0.0555. The lowest BCUT2D eigenvalue weighted by atomic mass is 9.87. The Hall–Kier alpha value is -2.92. The number of benzene rings is 1. The molecule has 1 aliphatic carbocycles. The van der Waals surface area contributed by atoms with Crippen LogP contribution in [0.4, 0.5) is 30.5 Å². The number of primary amides is 1. The molecule has 1 fully saturated rings. The van der Waals surface area contributed by atoms with Crippen LogP contribution in [0.1, 0.15) is 29.6 Å². The summed E-state index contributed by atoms with van der Waals surface area (Å²) in [5.74, 6) is -5.08. The molecule has 3 aromatic rings. The molecule has 0 spiro atoms. The van der Waals surface area contributed by atoms with Gasteiger partial charge in [0.2, 0.25) is 0 Å². The van der Waals surface area contributed by atoms with Gasteiger partial charge in [-0.25, -0.2) is 23.1 Å². The maximum absolute atomic E-state index is 14.6. The number of halogens is 3. The van der Waals surface area contributed by atoms with Gasteiger partial charge in [0.25, 0.3) is 11.8 Å². The van der Waals surface area contributed by atoms with Crippen molar-refractivity contribution in [2.24, 2.45) is 11.5 Å². The van der Waals surface area contributed by atoms with Crippen molar-refractivity contribution >= 4 is 44.8 Å². The van der Waals surface area contributed by atoms with Gasteiger partial charge in [-0.05, 0) is 37.1 Å². The largest absolute Gasteiger partial charge is 0.365 e. The lowest BCUT2D eigenvalue weighted by Gasteiger charge is -2.36. The van der Waals surface area contributed by atoms with Crippen LogP contribution in [0.5, 0.6) is 0 Å². The molecule has 4 rings (SSSR count). The van der Waals surface area contributed by atoms with E-state index in [1.807, 2.05) is 0 Å². The molecule has 2 aromatic heterocycles. The van der Waals surface area contributed by atoms with E-state index in [1.54, 1.807) is 23.7 Å². The summed E-state index contributed by atoms with van der Waals surface area (Å²) in [6.07, 6.45) is 0.287. The third kappa shape index (κ3) is 3.90. The molecule has 0 unspecified atom stereocenters. The molecule has 0 bridgehead atoms. The molecule has 1 aromatic carbocycles. The van der Waals surface area contributed by atoms with Crippen LogP contribution in [0.3, 0.4) is 0 Å². The number of rotatable bonds is 5. The first-order valence-electron chi connectivity index (χ1n) is 9.25. The molecule has 6 N–H and O–H groups in total. The van der Waals surface area contributed by atoms with E-state index >= 15 is 0 Å². The molecule has 7 nitrogen and oxygen atoms in total. The Bertz CT molecular complexity index is 1110. The third-order valence-corrected chi connectivity index (χ3v) is 5.90. The van der Waals surface area contributed by atoms with Crippen molar-refractivity contribution in [1.29, 1.82) is 0 Å². The number of carbonyl (C=O) groups is 1. The topological polar surface area (TPSA) is 119 Å². The molecule has 0 saturated heterocycles. The van der Waals surface area contributed by atoms with Gasteiger partial charge in [0.05, 0.1) is 27.3 Å². The summed E-state index contributed by atoms with van der Waals surface area (Å²) in [6.45, 7) is 0. The number of fused-ring (bicyclic) bond motifs is 1. The van der Waals surface area contributed by atoms with Gasteiger partial charge in [0.1, 0.15) is 5.82 Å². The molecule has 1 amide bonds. The van der Waals surface area contributed by atoms with Crippen molar-refractivity contribution in [3.63, 3.8) is 0 Å². The molecular weight excluding hydrogens is 417 g/mol. The zero-order chi connectivity index (χ0) is 21.5. The third-order valence-electron chi connectivity index (χ3n) is 5.10. The summed E-state index contributed by atoms with van der Waals surface area (Å²) in [5, 5.41) is 5.63. The van der Waals surface area contributed by atoms with Gasteiger partial charge in [-0.2, -0.15) is 0 Å². The van der Waals surface area contributed by atoms with E-state index in [0.29, 0.717) is 12.1 Å². The normalized spacial score (nSPS) is 20.8. The molecule has 11 heteroatoms. The van der Waals surface area contributed by atoms with Crippen LogP contribution >= 0.6 is 11.3 Å². The Morgan fingerprint density at radius 1 is 1.27 bits per heavy atom. The second-order valence-corrected chi connectivity index (χ2v) is 8.06. The van der Waals surface area contributed by atoms with E-state index in [1.165, 1.54) is 11.3 Å². The first kappa shape index (κ1) is 20.4. The second kappa shape index (κ2) is 7.73. The van der Waals surface area contributed by atoms with E-state index in [9.17, 15) is 18.0 Å². The zero-order valence-electron chi connectivity index (χ0n) is 15.7. The van der Waals surface area contributed by atoms with Gasteiger partial charge < -0.3 is 22.1 Å². The quantitative estimate of drug-likeness (QED) is 0.485. The molecule has 1 saturated carbocycles. The molecule has 2 heterocycles. The van der Waals surface area contributed by atoms with Crippen molar-refractivity contribution in [3.05, 3.63) is 41.2 Å². The summed E-state index contributed by atoms with van der Waals surface area (Å²) < 4.78 is 43.3. The summed E-state index contributed by atoms with van der Waals surface area (Å²) >= 11 is 1.43. The number of anilines is 3. The zero-order valence-corrected chi connectivity index (χ0v) is 16.5. The van der Waals surface area contributed by atoms with Crippen LogP contribution in [-0.2, 0) is 0 Å². The molecular formula is C19H19F3N6OS. The van der Waals surface area contributed by atoms with E-state index in [0.717, 1.165) is 16.3 Å². The fraction of sp³-hybridized carbons (Fsp3) is 0.316. The summed E-state index contributed by atoms with van der Waals surface area (Å²) in [6, 6.07) is 3.89. The van der Waals surface area contributed by atoms with Gasteiger partial charge in [0, 0.05) is 18.2 Å². The van der Waals surface area contributed by atoms with Crippen molar-refractivity contribution in [1.82, 2.24) is 9.97 Å². The highest BCUT2D eigenvalue weighted by atomic mass is 32.1. The number of hydrogen-bond donors (Lipinski definition) is 4. The number of hydrogen-bond acceptors (Lipinski definition) is 7. The summed E-state index contributed by atoms with van der Waals surface area (Å²) in [7, 11) is 0. The number of pyridine rings is 1. The molecule has 30 heavy (non-hydrogen) atoms. The van der Waals surface area contributed by atoms with Crippen LogP contribution in [0.15, 0.2) is 29.8 Å². The highest BCUT2D eigenvalue weighted by Gasteiger charge is 2.45. The number of thiazole rings is 1. The second-order valence-electron chi connectivity index (χ2n) is 7.17. The standard InChI is InChI=1S/C19H19F3N6OS/c20-11-7-10(16(24)29)17(26-9-3-4-12-14(6-9)30-8-25-12)28-18(11)27-13-2-1-5-19(21,22)15(13)23/h3-4,6-8,13,15H,1-2,5,23H2,(H2,24,29)(H2,26,27,28)/t13-,15-/m1/s1. The Morgan fingerprint density at radius 2 is 2.07 bits per heavy atom. The first-order valence-corrected chi connectivity index (χ1v) is 10.1. The minimum absolute atomic E-state index is 0.00593. The predicted molar refractivity (Wildman–Crippen MR) is 110 cm³/mol. The van der Waals surface area contributed by atoms with Gasteiger partial charge in [0.15, 0.2) is 11.6 Å². The van der Waals surface area contributed by atoms with Gasteiger partial charge in [-0.3, -0.25) is 4.79 Å². The highest BCUT2D eigenvalue weighted by molar-refractivity contribution is 7.16. The van der Waals surface area contributed by atoms with Gasteiger partial charge in [-0.1, -0.05) is 0 Å². The number of amides is 1.